The maximum atomic E-state index is 14.2. The maximum Gasteiger partial charge on any atom is 0.201 e. The van der Waals surface area contributed by atoms with Crippen LogP contribution in [0.1, 0.15) is 86.7 Å². The second-order valence-corrected chi connectivity index (χ2v) is 18.4. The lowest BCUT2D eigenvalue weighted by atomic mass is 9.58. The summed E-state index contributed by atoms with van der Waals surface area (Å²) in [6, 6.07) is 20.7. The highest BCUT2D eigenvalue weighted by Gasteiger charge is 2.68. The van der Waals surface area contributed by atoms with Crippen LogP contribution < -0.4 is 4.74 Å². The van der Waals surface area contributed by atoms with E-state index < -0.39 is 31.4 Å². The van der Waals surface area contributed by atoms with Crippen LogP contribution in [0.25, 0.3) is 0 Å². The Morgan fingerprint density at radius 1 is 0.902 bits per heavy atom. The van der Waals surface area contributed by atoms with Crippen LogP contribution in [0.15, 0.2) is 66.7 Å². The number of fused-ring (bicyclic) bond motifs is 4. The van der Waals surface area contributed by atoms with E-state index in [-0.39, 0.29) is 40.2 Å². The molecule has 0 unspecified atom stereocenters. The molecule has 3 aromatic rings. The smallest absolute Gasteiger partial charge is 0.201 e. The van der Waals surface area contributed by atoms with Crippen LogP contribution in [-0.2, 0) is 23.1 Å². The molecular weight excluding hydrogens is 552 g/mol. The van der Waals surface area contributed by atoms with Crippen molar-refractivity contribution >= 4 is 25.7 Å². The Balaban J connectivity index is 1.77. The minimum Gasteiger partial charge on any atom is -0.488 e. The summed E-state index contributed by atoms with van der Waals surface area (Å²) in [5, 5.41) is 25.9. The first-order valence-electron chi connectivity index (χ1n) is 14.6. The lowest BCUT2D eigenvalue weighted by molar-refractivity contribution is -0.199. The Hall–Kier alpha value is -2.48. The fraction of sp³-hybridized carbons (Fsp3) is 0.441. The van der Waals surface area contributed by atoms with Crippen LogP contribution in [0.4, 0.5) is 0 Å². The van der Waals surface area contributed by atoms with Gasteiger partial charge in [-0.15, -0.1) is 0 Å². The van der Waals surface area contributed by atoms with Gasteiger partial charge in [0.1, 0.15) is 18.5 Å². The van der Waals surface area contributed by atoms with Crippen molar-refractivity contribution in [3.8, 4) is 5.75 Å². The van der Waals surface area contributed by atoms with Crippen molar-refractivity contribution < 1.29 is 24.2 Å². The third-order valence-corrected chi connectivity index (χ3v) is 15.8. The summed E-state index contributed by atoms with van der Waals surface area (Å²) in [5.74, 6) is -0.139. The summed E-state index contributed by atoms with van der Waals surface area (Å²) in [4.78, 5) is 14.2. The van der Waals surface area contributed by atoms with E-state index in [2.05, 4.69) is 41.5 Å². The zero-order chi connectivity index (χ0) is 29.7. The number of aryl methyl sites for hydroxylation is 1. The lowest BCUT2D eigenvalue weighted by Crippen LogP contribution is -2.67. The van der Waals surface area contributed by atoms with E-state index in [4.69, 9.17) is 20.8 Å². The summed E-state index contributed by atoms with van der Waals surface area (Å²) in [6.07, 6.45) is -0.587. The maximum absolute atomic E-state index is 14.2. The Labute approximate surface area is 249 Å². The van der Waals surface area contributed by atoms with E-state index in [1.165, 1.54) is 0 Å². The normalized spacial score (nSPS) is 23.9. The van der Waals surface area contributed by atoms with Crippen LogP contribution in [0, 0.1) is 0 Å². The molecule has 0 spiro atoms. The number of ketones is 1. The molecule has 0 aliphatic heterocycles. The predicted molar refractivity (Wildman–Crippen MR) is 165 cm³/mol. The Morgan fingerprint density at radius 2 is 1.54 bits per heavy atom. The van der Waals surface area contributed by atoms with Crippen LogP contribution in [0.5, 0.6) is 5.75 Å². The molecule has 5 rings (SSSR count). The molecule has 0 amide bonds. The molecule has 0 radical (unpaired) electrons. The molecule has 2 N–H and O–H groups in total. The number of rotatable bonds is 8. The number of aliphatic hydroxyl groups is 2. The number of hydrogen-bond acceptors (Lipinski definition) is 5. The van der Waals surface area contributed by atoms with E-state index in [0.29, 0.717) is 23.3 Å². The Bertz CT molecular complexity index is 1420. The van der Waals surface area contributed by atoms with Crippen molar-refractivity contribution in [1.82, 2.24) is 0 Å². The molecule has 0 heterocycles. The average Bonchev–Trinajstić information content (AvgIpc) is 2.93. The highest BCUT2D eigenvalue weighted by atomic mass is 35.5. The van der Waals surface area contributed by atoms with Crippen LogP contribution in [0.3, 0.4) is 0 Å². The Morgan fingerprint density at radius 3 is 2.17 bits per heavy atom. The van der Waals surface area contributed by atoms with Gasteiger partial charge in [0, 0.05) is 11.1 Å². The fourth-order valence-corrected chi connectivity index (χ4v) is 13.4. The van der Waals surface area contributed by atoms with Gasteiger partial charge in [-0.3, -0.25) is 4.79 Å². The molecule has 5 nitrogen and oxygen atoms in total. The number of halogens is 1. The minimum absolute atomic E-state index is 0.0432. The molecular formula is C34H41ClO5Si. The van der Waals surface area contributed by atoms with E-state index in [1.807, 2.05) is 48.5 Å². The van der Waals surface area contributed by atoms with Crippen LogP contribution >= 0.6 is 11.6 Å². The molecule has 0 aromatic heterocycles. The van der Waals surface area contributed by atoms with Gasteiger partial charge in [-0.05, 0) is 58.3 Å². The van der Waals surface area contributed by atoms with Gasteiger partial charge in [-0.2, -0.15) is 0 Å². The van der Waals surface area contributed by atoms with E-state index in [1.54, 1.807) is 18.2 Å². The average molecular weight is 593 g/mol. The second kappa shape index (κ2) is 11.0. The first kappa shape index (κ1) is 30.0. The molecule has 2 aliphatic rings. The molecule has 0 bridgehead atoms. The summed E-state index contributed by atoms with van der Waals surface area (Å²) in [5.41, 5.74) is -0.673. The number of carbonyl (C=O) groups is 1. The third kappa shape index (κ3) is 4.50. The SMILES string of the molecule is CC(C)[Si](O[C@@H]1c2cccc(Cl)c2C(=O)[C@]2(O)CCc3cccc(OCc4ccccc4)c3[C@]12O)(C(C)C)C(C)C. The van der Waals surface area contributed by atoms with Gasteiger partial charge in [0.25, 0.3) is 0 Å². The van der Waals surface area contributed by atoms with Gasteiger partial charge in [0.2, 0.25) is 8.32 Å². The minimum atomic E-state index is -2.66. The third-order valence-electron chi connectivity index (χ3n) is 9.46. The number of benzene rings is 3. The van der Waals surface area contributed by atoms with E-state index in [0.717, 1.165) is 11.1 Å². The monoisotopic (exact) mass is 592 g/mol. The van der Waals surface area contributed by atoms with Crippen molar-refractivity contribution in [2.45, 2.75) is 94.9 Å². The zero-order valence-corrected chi connectivity index (χ0v) is 26.5. The topological polar surface area (TPSA) is 76.0 Å². The van der Waals surface area contributed by atoms with Crippen LogP contribution in [-0.4, -0.2) is 29.9 Å². The highest BCUT2D eigenvalue weighted by molar-refractivity contribution is 6.77. The number of Topliss-reactive ketones (excluding diaryl/α,β-unsaturated/α-hetero) is 1. The van der Waals surface area contributed by atoms with Gasteiger partial charge >= 0.3 is 0 Å². The zero-order valence-electron chi connectivity index (χ0n) is 24.8. The molecule has 0 saturated carbocycles. The summed E-state index contributed by atoms with van der Waals surface area (Å²) in [7, 11) is -2.66. The largest absolute Gasteiger partial charge is 0.488 e. The molecule has 7 heteroatoms. The Kier molecular flexibility index (Phi) is 8.03. The van der Waals surface area contributed by atoms with Gasteiger partial charge < -0.3 is 19.4 Å². The molecule has 2 aliphatic carbocycles. The van der Waals surface area contributed by atoms with Crippen LogP contribution in [0.2, 0.25) is 21.6 Å². The van der Waals surface area contributed by atoms with E-state index >= 15 is 0 Å². The number of ether oxygens (including phenoxy) is 1. The molecule has 3 atom stereocenters. The van der Waals surface area contributed by atoms with Gasteiger partial charge in [-0.25, -0.2) is 0 Å². The van der Waals surface area contributed by atoms with Gasteiger partial charge in [-0.1, -0.05) is 108 Å². The first-order chi connectivity index (χ1) is 19.4. The second-order valence-electron chi connectivity index (χ2n) is 12.5. The molecule has 0 saturated heterocycles. The van der Waals surface area contributed by atoms with Crippen molar-refractivity contribution in [1.29, 1.82) is 0 Å². The van der Waals surface area contributed by atoms with Crippen molar-refractivity contribution in [3.63, 3.8) is 0 Å². The summed E-state index contributed by atoms with van der Waals surface area (Å²) >= 11 is 6.67. The predicted octanol–water partition coefficient (Wildman–Crippen LogP) is 7.91. The summed E-state index contributed by atoms with van der Waals surface area (Å²) < 4.78 is 13.7. The quantitative estimate of drug-likeness (QED) is 0.260. The van der Waals surface area contributed by atoms with E-state index in [9.17, 15) is 15.0 Å². The number of hydrogen-bond donors (Lipinski definition) is 2. The van der Waals surface area contributed by atoms with Crippen molar-refractivity contribution in [3.05, 3.63) is 99.6 Å². The van der Waals surface area contributed by atoms with Gasteiger partial charge in [0.15, 0.2) is 17.0 Å². The molecule has 3 aromatic carbocycles. The summed E-state index contributed by atoms with van der Waals surface area (Å²) in [6.45, 7) is 13.3. The molecule has 218 valence electrons. The first-order valence-corrected chi connectivity index (χ1v) is 17.2. The highest BCUT2D eigenvalue weighted by Crippen LogP contribution is 2.61. The van der Waals surface area contributed by atoms with Gasteiger partial charge in [0.05, 0.1) is 5.02 Å². The number of carbonyl (C=O) groups excluding carboxylic acids is 1. The van der Waals surface area contributed by atoms with Crippen molar-refractivity contribution in [2.24, 2.45) is 0 Å². The lowest BCUT2D eigenvalue weighted by Gasteiger charge is -2.57. The standard InChI is InChI=1S/C34H41ClO5Si/c1-21(2)41(22(3)4,23(5)6)40-32-26-15-11-16-27(35)29(26)31(36)33(37)19-18-25-14-10-17-28(30(25)34(32,33)38)39-20-24-12-8-7-9-13-24/h7-17,21-23,32,37-38H,18-20H2,1-6H3/t32-,33-,34+/m1/s1. The van der Waals surface area contributed by atoms with Crippen molar-refractivity contribution in [2.75, 3.05) is 0 Å². The molecule has 41 heavy (non-hydrogen) atoms. The fourth-order valence-electron chi connectivity index (χ4n) is 7.61. The molecule has 0 fully saturated rings.